The highest BCUT2D eigenvalue weighted by atomic mass is 16.4. The molecule has 2 N–H and O–H groups in total. The van der Waals surface area contributed by atoms with Crippen LogP contribution < -0.4 is 0 Å². The van der Waals surface area contributed by atoms with Crippen LogP contribution in [-0.4, -0.2) is 44.7 Å². The SMILES string of the molecule is Cc1n[nH]c(C)c1C(=O)N1CCCCC1CC(=O)O. The zero-order chi connectivity index (χ0) is 14.0. The lowest BCUT2D eigenvalue weighted by Crippen LogP contribution is -2.45. The summed E-state index contributed by atoms with van der Waals surface area (Å²) in [5, 5.41) is 15.8. The topological polar surface area (TPSA) is 86.3 Å². The average Bonchev–Trinajstić information content (AvgIpc) is 2.68. The minimum atomic E-state index is -0.856. The first kappa shape index (κ1) is 13.6. The maximum absolute atomic E-state index is 12.6. The predicted octanol–water partition coefficient (Wildman–Crippen LogP) is 1.50. The summed E-state index contributed by atoms with van der Waals surface area (Å²) >= 11 is 0. The van der Waals surface area contributed by atoms with E-state index in [0.717, 1.165) is 25.0 Å². The van der Waals surface area contributed by atoms with Gasteiger partial charge in [0.1, 0.15) is 0 Å². The van der Waals surface area contributed by atoms with Crippen molar-refractivity contribution in [1.29, 1.82) is 0 Å². The van der Waals surface area contributed by atoms with E-state index in [-0.39, 0.29) is 18.4 Å². The van der Waals surface area contributed by atoms with Crippen molar-refractivity contribution < 1.29 is 14.7 Å². The monoisotopic (exact) mass is 265 g/mol. The maximum Gasteiger partial charge on any atom is 0.305 e. The molecule has 1 saturated heterocycles. The number of carboxylic acid groups (broad SMARTS) is 1. The lowest BCUT2D eigenvalue weighted by molar-refractivity contribution is -0.138. The van der Waals surface area contributed by atoms with E-state index in [4.69, 9.17) is 5.11 Å². The first-order chi connectivity index (χ1) is 9.00. The van der Waals surface area contributed by atoms with E-state index in [0.29, 0.717) is 17.8 Å². The molecule has 0 aromatic carbocycles. The van der Waals surface area contributed by atoms with Crippen molar-refractivity contribution in [2.45, 2.75) is 45.6 Å². The van der Waals surface area contributed by atoms with Crippen LogP contribution in [0.2, 0.25) is 0 Å². The van der Waals surface area contributed by atoms with Gasteiger partial charge >= 0.3 is 5.97 Å². The number of piperidine rings is 1. The number of hydrogen-bond donors (Lipinski definition) is 2. The van der Waals surface area contributed by atoms with Gasteiger partial charge in [-0.3, -0.25) is 14.7 Å². The van der Waals surface area contributed by atoms with Gasteiger partial charge in [-0.05, 0) is 33.1 Å². The number of aromatic nitrogens is 2. The Labute approximate surface area is 111 Å². The normalized spacial score (nSPS) is 19.5. The molecule has 2 rings (SSSR count). The number of aliphatic carboxylic acids is 1. The Hall–Kier alpha value is -1.85. The van der Waals surface area contributed by atoms with E-state index in [1.807, 2.05) is 6.92 Å². The summed E-state index contributed by atoms with van der Waals surface area (Å²) in [5.41, 5.74) is 1.99. The van der Waals surface area contributed by atoms with Crippen LogP contribution in [-0.2, 0) is 4.79 Å². The molecule has 1 aliphatic heterocycles. The maximum atomic E-state index is 12.6. The number of aromatic amines is 1. The van der Waals surface area contributed by atoms with E-state index >= 15 is 0 Å². The Bertz CT molecular complexity index is 476. The fraction of sp³-hybridized carbons (Fsp3) is 0.615. The molecule has 0 saturated carbocycles. The molecule has 1 aromatic rings. The molecule has 1 amide bonds. The largest absolute Gasteiger partial charge is 0.481 e. The summed E-state index contributed by atoms with van der Waals surface area (Å²) in [4.78, 5) is 25.2. The van der Waals surface area contributed by atoms with Crippen LogP contribution in [0.3, 0.4) is 0 Å². The number of nitrogens with zero attached hydrogens (tertiary/aromatic N) is 2. The summed E-state index contributed by atoms with van der Waals surface area (Å²) in [7, 11) is 0. The molecule has 1 atom stereocenters. The van der Waals surface area contributed by atoms with Crippen LogP contribution >= 0.6 is 0 Å². The van der Waals surface area contributed by atoms with Gasteiger partial charge in [0.05, 0.1) is 17.7 Å². The summed E-state index contributed by atoms with van der Waals surface area (Å²) in [5.74, 6) is -0.958. The van der Waals surface area contributed by atoms with Crippen molar-refractivity contribution in [2.24, 2.45) is 0 Å². The molecule has 19 heavy (non-hydrogen) atoms. The Morgan fingerprint density at radius 1 is 1.42 bits per heavy atom. The third-order valence-corrected chi connectivity index (χ3v) is 3.64. The van der Waals surface area contributed by atoms with Crippen molar-refractivity contribution >= 4 is 11.9 Å². The molecular weight excluding hydrogens is 246 g/mol. The third kappa shape index (κ3) is 2.77. The first-order valence-corrected chi connectivity index (χ1v) is 6.55. The van der Waals surface area contributed by atoms with Gasteiger partial charge in [0, 0.05) is 18.3 Å². The number of aryl methyl sites for hydroxylation is 2. The number of rotatable bonds is 3. The Balaban J connectivity index is 2.22. The fourth-order valence-electron chi connectivity index (χ4n) is 2.69. The number of H-pyrrole nitrogens is 1. The highest BCUT2D eigenvalue weighted by Gasteiger charge is 2.31. The van der Waals surface area contributed by atoms with Crippen molar-refractivity contribution in [3.8, 4) is 0 Å². The highest BCUT2D eigenvalue weighted by molar-refractivity contribution is 5.96. The number of carboxylic acids is 1. The van der Waals surface area contributed by atoms with E-state index in [1.165, 1.54) is 0 Å². The van der Waals surface area contributed by atoms with Gasteiger partial charge < -0.3 is 10.0 Å². The standard InChI is InChI=1S/C13H19N3O3/c1-8-12(9(2)15-14-8)13(19)16-6-4-3-5-10(16)7-11(17)18/h10H,3-7H2,1-2H3,(H,14,15)(H,17,18). The molecule has 104 valence electrons. The molecule has 1 aliphatic rings. The lowest BCUT2D eigenvalue weighted by Gasteiger charge is -2.35. The second kappa shape index (κ2) is 5.42. The van der Waals surface area contributed by atoms with Crippen LogP contribution in [0.1, 0.15) is 47.4 Å². The number of nitrogens with one attached hydrogen (secondary N) is 1. The van der Waals surface area contributed by atoms with Crippen molar-refractivity contribution in [3.63, 3.8) is 0 Å². The molecule has 1 unspecified atom stereocenters. The number of carbonyl (C=O) groups excluding carboxylic acids is 1. The summed E-state index contributed by atoms with van der Waals surface area (Å²) in [6.07, 6.45) is 2.68. The van der Waals surface area contributed by atoms with E-state index < -0.39 is 5.97 Å². The highest BCUT2D eigenvalue weighted by Crippen LogP contribution is 2.23. The summed E-state index contributed by atoms with van der Waals surface area (Å²) in [6.45, 7) is 4.22. The zero-order valence-electron chi connectivity index (χ0n) is 11.3. The smallest absolute Gasteiger partial charge is 0.305 e. The quantitative estimate of drug-likeness (QED) is 0.867. The Morgan fingerprint density at radius 3 is 2.74 bits per heavy atom. The van der Waals surface area contributed by atoms with Crippen molar-refractivity contribution in [3.05, 3.63) is 17.0 Å². The zero-order valence-corrected chi connectivity index (χ0v) is 11.3. The lowest BCUT2D eigenvalue weighted by atomic mass is 9.98. The number of carbonyl (C=O) groups is 2. The van der Waals surface area contributed by atoms with Gasteiger partial charge in [-0.25, -0.2) is 0 Å². The van der Waals surface area contributed by atoms with Crippen LogP contribution in [0.4, 0.5) is 0 Å². The van der Waals surface area contributed by atoms with Crippen molar-refractivity contribution in [2.75, 3.05) is 6.54 Å². The number of amides is 1. The third-order valence-electron chi connectivity index (χ3n) is 3.64. The molecule has 0 spiro atoms. The van der Waals surface area contributed by atoms with Gasteiger partial charge in [0.15, 0.2) is 0 Å². The molecule has 0 aliphatic carbocycles. The van der Waals surface area contributed by atoms with E-state index in [9.17, 15) is 9.59 Å². The molecule has 0 bridgehead atoms. The summed E-state index contributed by atoms with van der Waals surface area (Å²) < 4.78 is 0. The van der Waals surface area contributed by atoms with Crippen LogP contribution in [0, 0.1) is 13.8 Å². The predicted molar refractivity (Wildman–Crippen MR) is 69.0 cm³/mol. The molecule has 1 aromatic heterocycles. The summed E-state index contributed by atoms with van der Waals surface area (Å²) in [6, 6.07) is -0.201. The van der Waals surface area contributed by atoms with Gasteiger partial charge in [0.2, 0.25) is 0 Å². The molecule has 6 nitrogen and oxygen atoms in total. The molecule has 0 radical (unpaired) electrons. The minimum absolute atomic E-state index is 0.0156. The number of hydrogen-bond acceptors (Lipinski definition) is 3. The van der Waals surface area contributed by atoms with Gasteiger partial charge in [-0.15, -0.1) is 0 Å². The minimum Gasteiger partial charge on any atom is -0.481 e. The molecular formula is C13H19N3O3. The van der Waals surface area contributed by atoms with Crippen LogP contribution in [0.15, 0.2) is 0 Å². The molecule has 6 heteroatoms. The molecule has 1 fully saturated rings. The van der Waals surface area contributed by atoms with Crippen molar-refractivity contribution in [1.82, 2.24) is 15.1 Å². The average molecular weight is 265 g/mol. The Morgan fingerprint density at radius 2 is 2.16 bits per heavy atom. The first-order valence-electron chi connectivity index (χ1n) is 6.55. The Kier molecular flexibility index (Phi) is 3.87. The fourth-order valence-corrected chi connectivity index (χ4v) is 2.69. The second-order valence-corrected chi connectivity index (χ2v) is 5.06. The van der Waals surface area contributed by atoms with Gasteiger partial charge in [0.25, 0.3) is 5.91 Å². The van der Waals surface area contributed by atoms with E-state index in [1.54, 1.807) is 11.8 Å². The van der Waals surface area contributed by atoms with Crippen LogP contribution in [0.25, 0.3) is 0 Å². The van der Waals surface area contributed by atoms with Gasteiger partial charge in [-0.1, -0.05) is 0 Å². The number of likely N-dealkylation sites (tertiary alicyclic amines) is 1. The second-order valence-electron chi connectivity index (χ2n) is 5.06. The van der Waals surface area contributed by atoms with E-state index in [2.05, 4.69) is 10.2 Å². The molecule has 2 heterocycles. The van der Waals surface area contributed by atoms with Crippen LogP contribution in [0.5, 0.6) is 0 Å². The van der Waals surface area contributed by atoms with Gasteiger partial charge in [-0.2, -0.15) is 5.10 Å².